The number of rotatable bonds is 6. The first-order chi connectivity index (χ1) is 11.6. The number of nitrogens with zero attached hydrogens (tertiary/aromatic N) is 2. The highest BCUT2D eigenvalue weighted by molar-refractivity contribution is 7.22. The van der Waals surface area contributed by atoms with Gasteiger partial charge in [0.1, 0.15) is 12.4 Å². The third kappa shape index (κ3) is 3.88. The van der Waals surface area contributed by atoms with E-state index in [1.807, 2.05) is 43.3 Å². The average molecular weight is 340 g/mol. The number of benzene rings is 2. The third-order valence-corrected chi connectivity index (χ3v) is 4.18. The number of carboxylic acids is 1. The number of carboxylic acid groups (broad SMARTS) is 1. The highest BCUT2D eigenvalue weighted by Gasteiger charge is 2.03. The van der Waals surface area contributed by atoms with Crippen molar-refractivity contribution in [3.05, 3.63) is 54.1 Å². The van der Waals surface area contributed by atoms with Crippen LogP contribution in [0.1, 0.15) is 12.5 Å². The summed E-state index contributed by atoms with van der Waals surface area (Å²) in [6.07, 6.45) is 0. The van der Waals surface area contributed by atoms with E-state index < -0.39 is 12.6 Å². The van der Waals surface area contributed by atoms with Crippen LogP contribution in [0, 0.1) is 0 Å². The zero-order valence-electron chi connectivity index (χ0n) is 12.9. The van der Waals surface area contributed by atoms with Gasteiger partial charge < -0.3 is 14.6 Å². The van der Waals surface area contributed by atoms with Crippen LogP contribution in [-0.2, 0) is 4.79 Å². The number of carbonyl (C=O) groups excluding carboxylic acids is 1. The van der Waals surface area contributed by atoms with Gasteiger partial charge in [-0.25, -0.2) is 4.98 Å². The zero-order chi connectivity index (χ0) is 16.9. The summed E-state index contributed by atoms with van der Waals surface area (Å²) in [5.41, 5.74) is 5.57. The van der Waals surface area contributed by atoms with E-state index in [1.165, 1.54) is 11.3 Å². The second kappa shape index (κ2) is 7.10. The summed E-state index contributed by atoms with van der Waals surface area (Å²) >= 11 is 1.54. The molecular weight excluding hydrogens is 326 g/mol. The largest absolute Gasteiger partial charge is 0.546 e. The molecule has 3 aromatic rings. The number of thiazole rings is 1. The van der Waals surface area contributed by atoms with Crippen molar-refractivity contribution < 1.29 is 14.6 Å². The van der Waals surface area contributed by atoms with E-state index in [0.29, 0.717) is 5.75 Å². The monoisotopic (exact) mass is 340 g/mol. The average Bonchev–Trinajstić information content (AvgIpc) is 3.01. The van der Waals surface area contributed by atoms with Crippen LogP contribution in [0.5, 0.6) is 5.75 Å². The number of para-hydroxylation sites is 1. The van der Waals surface area contributed by atoms with Crippen LogP contribution in [0.4, 0.5) is 5.13 Å². The first-order valence-corrected chi connectivity index (χ1v) is 8.02. The summed E-state index contributed by atoms with van der Waals surface area (Å²) in [4.78, 5) is 14.8. The number of hydrogen-bond donors (Lipinski definition) is 1. The Labute approximate surface area is 142 Å². The first kappa shape index (κ1) is 15.9. The lowest BCUT2D eigenvalue weighted by atomic mass is 10.1. The van der Waals surface area contributed by atoms with E-state index in [-0.39, 0.29) is 0 Å². The van der Waals surface area contributed by atoms with E-state index in [1.54, 1.807) is 12.1 Å². The molecule has 0 saturated carbocycles. The van der Waals surface area contributed by atoms with Gasteiger partial charge in [0, 0.05) is 0 Å². The van der Waals surface area contributed by atoms with Crippen LogP contribution >= 0.6 is 11.3 Å². The van der Waals surface area contributed by atoms with Crippen molar-refractivity contribution in [2.75, 3.05) is 12.0 Å². The molecule has 0 spiro atoms. The van der Waals surface area contributed by atoms with Crippen LogP contribution < -0.4 is 15.3 Å². The number of anilines is 1. The Morgan fingerprint density at radius 3 is 2.71 bits per heavy atom. The number of fused-ring (bicyclic) bond motifs is 1. The molecule has 0 aliphatic heterocycles. The van der Waals surface area contributed by atoms with Crippen molar-refractivity contribution in [1.29, 1.82) is 0 Å². The number of aliphatic carboxylic acids is 1. The first-order valence-electron chi connectivity index (χ1n) is 7.21. The summed E-state index contributed by atoms with van der Waals surface area (Å²) in [5.74, 6) is -0.785. The van der Waals surface area contributed by atoms with Crippen LogP contribution in [0.2, 0.25) is 0 Å². The molecule has 0 amide bonds. The molecule has 0 aliphatic rings. The van der Waals surface area contributed by atoms with Crippen LogP contribution in [0.25, 0.3) is 10.2 Å². The molecule has 0 radical (unpaired) electrons. The quantitative estimate of drug-likeness (QED) is 0.549. The Morgan fingerprint density at radius 1 is 1.25 bits per heavy atom. The molecule has 122 valence electrons. The predicted molar refractivity (Wildman–Crippen MR) is 92.4 cm³/mol. The van der Waals surface area contributed by atoms with Gasteiger partial charge in [-0.1, -0.05) is 23.5 Å². The highest BCUT2D eigenvalue weighted by atomic mass is 32.1. The Hall–Kier alpha value is -2.93. The molecule has 1 aromatic heterocycles. The molecule has 1 heterocycles. The number of ether oxygens (including phenoxy) is 1. The second-order valence-electron chi connectivity index (χ2n) is 4.98. The van der Waals surface area contributed by atoms with Gasteiger partial charge in [0.2, 0.25) is 5.13 Å². The van der Waals surface area contributed by atoms with Gasteiger partial charge >= 0.3 is 0 Å². The van der Waals surface area contributed by atoms with E-state index >= 15 is 0 Å². The van der Waals surface area contributed by atoms with Crippen molar-refractivity contribution >= 4 is 38.4 Å². The summed E-state index contributed by atoms with van der Waals surface area (Å²) < 4.78 is 6.14. The number of aromatic nitrogens is 1. The maximum absolute atomic E-state index is 10.4. The standard InChI is InChI=1S/C17H15N3O3S/c1-11(12-6-8-13(9-7-12)23-10-16(21)22)19-20-17-18-14-4-2-3-5-15(14)24-17/h2-9H,10H2,1H3,(H,18,20)(H,21,22)/p-1/b19-11-. The minimum Gasteiger partial charge on any atom is -0.546 e. The van der Waals surface area contributed by atoms with Crippen molar-refractivity contribution in [2.24, 2.45) is 5.10 Å². The molecule has 0 unspecified atom stereocenters. The topological polar surface area (TPSA) is 86.6 Å². The molecule has 2 aromatic carbocycles. The van der Waals surface area contributed by atoms with Crippen LogP contribution in [-0.4, -0.2) is 23.3 Å². The molecule has 0 fully saturated rings. The molecule has 1 N–H and O–H groups in total. The lowest BCUT2D eigenvalue weighted by Crippen LogP contribution is -2.28. The molecule has 24 heavy (non-hydrogen) atoms. The van der Waals surface area contributed by atoms with Crippen LogP contribution in [0.15, 0.2) is 53.6 Å². The minimum absolute atomic E-state index is 0.467. The fourth-order valence-corrected chi connectivity index (χ4v) is 2.86. The van der Waals surface area contributed by atoms with Crippen molar-refractivity contribution in [3.63, 3.8) is 0 Å². The normalized spacial score (nSPS) is 11.5. The van der Waals surface area contributed by atoms with E-state index in [2.05, 4.69) is 15.5 Å². The Morgan fingerprint density at radius 2 is 2.00 bits per heavy atom. The molecule has 0 saturated heterocycles. The number of carbonyl (C=O) groups is 1. The van der Waals surface area contributed by atoms with Gasteiger partial charge in [-0.2, -0.15) is 5.10 Å². The SMILES string of the molecule is C/C(=N/Nc1nc2ccccc2s1)c1ccc(OCC(=O)[O-])cc1. The Kier molecular flexibility index (Phi) is 4.72. The number of hydrogen-bond acceptors (Lipinski definition) is 7. The summed E-state index contributed by atoms with van der Waals surface area (Å²) in [5, 5.41) is 15.4. The number of hydrazone groups is 1. The van der Waals surface area contributed by atoms with E-state index in [9.17, 15) is 9.90 Å². The summed E-state index contributed by atoms with van der Waals surface area (Å²) in [6.45, 7) is 1.41. The smallest absolute Gasteiger partial charge is 0.204 e. The van der Waals surface area contributed by atoms with Crippen molar-refractivity contribution in [2.45, 2.75) is 6.92 Å². The highest BCUT2D eigenvalue weighted by Crippen LogP contribution is 2.25. The Bertz CT molecular complexity index is 854. The van der Waals surface area contributed by atoms with Gasteiger partial charge in [-0.3, -0.25) is 5.43 Å². The Balaban J connectivity index is 1.67. The van der Waals surface area contributed by atoms with Gasteiger partial charge in [-0.15, -0.1) is 0 Å². The molecular formula is C17H14N3O3S-. The molecule has 0 atom stereocenters. The third-order valence-electron chi connectivity index (χ3n) is 3.24. The summed E-state index contributed by atoms with van der Waals surface area (Å²) in [6, 6.07) is 14.9. The maximum Gasteiger partial charge on any atom is 0.204 e. The van der Waals surface area contributed by atoms with Gasteiger partial charge in [0.15, 0.2) is 0 Å². The van der Waals surface area contributed by atoms with Gasteiger partial charge in [0.05, 0.1) is 21.9 Å². The maximum atomic E-state index is 10.4. The van der Waals surface area contributed by atoms with E-state index in [0.717, 1.165) is 26.6 Å². The fraction of sp³-hybridized carbons (Fsp3) is 0.118. The molecule has 7 heteroatoms. The predicted octanol–water partition coefficient (Wildman–Crippen LogP) is 2.26. The minimum atomic E-state index is -1.25. The zero-order valence-corrected chi connectivity index (χ0v) is 13.7. The molecule has 6 nitrogen and oxygen atoms in total. The summed E-state index contributed by atoms with van der Waals surface area (Å²) in [7, 11) is 0. The van der Waals surface area contributed by atoms with Gasteiger partial charge in [0.25, 0.3) is 0 Å². The van der Waals surface area contributed by atoms with Crippen molar-refractivity contribution in [1.82, 2.24) is 4.98 Å². The molecule has 3 rings (SSSR count). The van der Waals surface area contributed by atoms with Gasteiger partial charge in [-0.05, 0) is 48.9 Å². The lowest BCUT2D eigenvalue weighted by molar-refractivity contribution is -0.307. The molecule has 0 bridgehead atoms. The van der Waals surface area contributed by atoms with Crippen molar-refractivity contribution in [3.8, 4) is 5.75 Å². The number of nitrogens with one attached hydrogen (secondary N) is 1. The molecule has 0 aliphatic carbocycles. The second-order valence-corrected chi connectivity index (χ2v) is 6.01. The fourth-order valence-electron chi connectivity index (χ4n) is 2.05. The van der Waals surface area contributed by atoms with Crippen LogP contribution in [0.3, 0.4) is 0 Å². The lowest BCUT2D eigenvalue weighted by Gasteiger charge is -2.07. The van der Waals surface area contributed by atoms with E-state index in [4.69, 9.17) is 4.74 Å².